The Morgan fingerprint density at radius 2 is 2.00 bits per heavy atom. The standard InChI is InChI=1S/C18H20N4O3/c1-4-11-9-13(6-7-14(11)19)25-15-8-5-12(10-20-15)22-16(23)18(2,3)21-17(22)24/h5-10H,4,19H2,1-3H3,(H,21,24). The highest BCUT2D eigenvalue weighted by Gasteiger charge is 2.45. The molecule has 0 atom stereocenters. The highest BCUT2D eigenvalue weighted by Crippen LogP contribution is 2.28. The van der Waals surface area contributed by atoms with E-state index in [0.717, 1.165) is 22.6 Å². The van der Waals surface area contributed by atoms with Gasteiger partial charge in [-0.25, -0.2) is 14.7 Å². The van der Waals surface area contributed by atoms with Gasteiger partial charge in [0.05, 0.1) is 11.9 Å². The fraction of sp³-hybridized carbons (Fsp3) is 0.278. The minimum atomic E-state index is -0.924. The Morgan fingerprint density at radius 1 is 1.24 bits per heavy atom. The van der Waals surface area contributed by atoms with Crippen LogP contribution in [0.25, 0.3) is 0 Å². The van der Waals surface area contributed by atoms with Crippen LogP contribution in [0.15, 0.2) is 36.5 Å². The van der Waals surface area contributed by atoms with Crippen LogP contribution in [0.4, 0.5) is 16.2 Å². The lowest BCUT2D eigenvalue weighted by Crippen LogP contribution is -2.40. The van der Waals surface area contributed by atoms with Gasteiger partial charge >= 0.3 is 6.03 Å². The second-order valence-corrected chi connectivity index (χ2v) is 6.37. The summed E-state index contributed by atoms with van der Waals surface area (Å²) in [5.74, 6) is 0.670. The minimum Gasteiger partial charge on any atom is -0.439 e. The highest BCUT2D eigenvalue weighted by molar-refractivity contribution is 6.22. The zero-order valence-corrected chi connectivity index (χ0v) is 14.4. The monoisotopic (exact) mass is 340 g/mol. The third kappa shape index (κ3) is 3.13. The van der Waals surface area contributed by atoms with E-state index in [1.807, 2.05) is 13.0 Å². The van der Waals surface area contributed by atoms with Crippen LogP contribution < -0.4 is 20.7 Å². The summed E-state index contributed by atoms with van der Waals surface area (Å²) in [6.45, 7) is 5.33. The first-order valence-corrected chi connectivity index (χ1v) is 8.01. The molecule has 2 heterocycles. The van der Waals surface area contributed by atoms with Gasteiger partial charge in [-0.05, 0) is 50.1 Å². The van der Waals surface area contributed by atoms with Crippen molar-refractivity contribution in [2.24, 2.45) is 0 Å². The van der Waals surface area contributed by atoms with Gasteiger partial charge in [-0.1, -0.05) is 6.92 Å². The van der Waals surface area contributed by atoms with Gasteiger partial charge < -0.3 is 15.8 Å². The molecular weight excluding hydrogens is 320 g/mol. The summed E-state index contributed by atoms with van der Waals surface area (Å²) in [5.41, 5.74) is 7.07. The summed E-state index contributed by atoms with van der Waals surface area (Å²) in [6.07, 6.45) is 2.24. The zero-order chi connectivity index (χ0) is 18.2. The molecule has 0 spiro atoms. The molecule has 7 nitrogen and oxygen atoms in total. The number of nitrogen functional groups attached to an aromatic ring is 1. The zero-order valence-electron chi connectivity index (χ0n) is 14.4. The number of pyridine rings is 1. The smallest absolute Gasteiger partial charge is 0.329 e. The Kier molecular flexibility index (Phi) is 4.08. The first-order chi connectivity index (χ1) is 11.8. The van der Waals surface area contributed by atoms with Gasteiger partial charge in [-0.2, -0.15) is 0 Å². The molecule has 0 saturated carbocycles. The molecule has 0 radical (unpaired) electrons. The lowest BCUT2D eigenvalue weighted by atomic mass is 10.1. The summed E-state index contributed by atoms with van der Waals surface area (Å²) in [7, 11) is 0. The van der Waals surface area contributed by atoms with E-state index in [2.05, 4.69) is 10.3 Å². The number of aromatic nitrogens is 1. The number of hydrogen-bond acceptors (Lipinski definition) is 5. The van der Waals surface area contributed by atoms with Crippen LogP contribution in [0.5, 0.6) is 11.6 Å². The van der Waals surface area contributed by atoms with Gasteiger partial charge in [-0.3, -0.25) is 4.79 Å². The van der Waals surface area contributed by atoms with E-state index >= 15 is 0 Å². The van der Waals surface area contributed by atoms with Crippen LogP contribution in [0.1, 0.15) is 26.3 Å². The SMILES string of the molecule is CCc1cc(Oc2ccc(N3C(=O)NC(C)(C)C3=O)cn2)ccc1N. The van der Waals surface area contributed by atoms with Crippen molar-refractivity contribution in [3.8, 4) is 11.6 Å². The van der Waals surface area contributed by atoms with Crippen LogP contribution >= 0.6 is 0 Å². The van der Waals surface area contributed by atoms with Crippen LogP contribution in [0.2, 0.25) is 0 Å². The maximum absolute atomic E-state index is 12.3. The first-order valence-electron chi connectivity index (χ1n) is 8.01. The maximum Gasteiger partial charge on any atom is 0.329 e. The number of urea groups is 1. The van der Waals surface area contributed by atoms with E-state index in [1.54, 1.807) is 38.1 Å². The number of amides is 3. The normalized spacial score (nSPS) is 16.0. The van der Waals surface area contributed by atoms with Gasteiger partial charge in [0.1, 0.15) is 11.3 Å². The number of rotatable bonds is 4. The average Bonchev–Trinajstić information content (AvgIpc) is 2.78. The average molecular weight is 340 g/mol. The van der Waals surface area contributed by atoms with Crippen molar-refractivity contribution >= 4 is 23.3 Å². The summed E-state index contributed by atoms with van der Waals surface area (Å²) >= 11 is 0. The van der Waals surface area contributed by atoms with Gasteiger partial charge in [-0.15, -0.1) is 0 Å². The lowest BCUT2D eigenvalue weighted by Gasteiger charge is -2.16. The summed E-state index contributed by atoms with van der Waals surface area (Å²) in [4.78, 5) is 29.6. The number of nitrogens with two attached hydrogens (primary N) is 1. The van der Waals surface area contributed by atoms with E-state index in [-0.39, 0.29) is 5.91 Å². The van der Waals surface area contributed by atoms with Gasteiger partial charge in [0.2, 0.25) is 5.88 Å². The Morgan fingerprint density at radius 3 is 2.56 bits per heavy atom. The molecule has 25 heavy (non-hydrogen) atoms. The quantitative estimate of drug-likeness (QED) is 0.659. The molecule has 3 N–H and O–H groups in total. The second-order valence-electron chi connectivity index (χ2n) is 6.37. The predicted molar refractivity (Wildman–Crippen MR) is 94.6 cm³/mol. The minimum absolute atomic E-state index is 0.320. The number of carbonyl (C=O) groups excluding carboxylic acids is 2. The van der Waals surface area contributed by atoms with Crippen LogP contribution in [0, 0.1) is 0 Å². The largest absolute Gasteiger partial charge is 0.439 e. The van der Waals surface area contributed by atoms with Crippen molar-refractivity contribution < 1.29 is 14.3 Å². The van der Waals surface area contributed by atoms with E-state index in [0.29, 0.717) is 17.3 Å². The third-order valence-electron chi connectivity index (χ3n) is 4.06. The van der Waals surface area contributed by atoms with Crippen LogP contribution in [0.3, 0.4) is 0 Å². The number of nitrogens with zero attached hydrogens (tertiary/aromatic N) is 2. The number of nitrogens with one attached hydrogen (secondary N) is 1. The number of ether oxygens (including phenoxy) is 1. The molecule has 3 amide bonds. The number of carbonyl (C=O) groups is 2. The van der Waals surface area contributed by atoms with Gasteiger partial charge in [0, 0.05) is 11.8 Å². The fourth-order valence-electron chi connectivity index (χ4n) is 2.62. The van der Waals surface area contributed by atoms with Crippen molar-refractivity contribution in [1.82, 2.24) is 10.3 Å². The molecule has 1 aromatic heterocycles. The Bertz CT molecular complexity index is 831. The summed E-state index contributed by atoms with van der Waals surface area (Å²) in [5, 5.41) is 2.63. The molecule has 3 rings (SSSR count). The van der Waals surface area contributed by atoms with Crippen molar-refractivity contribution in [2.45, 2.75) is 32.7 Å². The predicted octanol–water partition coefficient (Wildman–Crippen LogP) is 2.85. The number of benzene rings is 1. The Balaban J connectivity index is 1.79. The van der Waals surface area contributed by atoms with Gasteiger partial charge in [0.25, 0.3) is 5.91 Å². The molecule has 0 bridgehead atoms. The van der Waals surface area contributed by atoms with Crippen LogP contribution in [-0.2, 0) is 11.2 Å². The van der Waals surface area contributed by atoms with Crippen molar-refractivity contribution in [3.05, 3.63) is 42.1 Å². The number of hydrogen-bond donors (Lipinski definition) is 2. The Labute approximate surface area is 145 Å². The first kappa shape index (κ1) is 16.8. The third-order valence-corrected chi connectivity index (χ3v) is 4.06. The number of aryl methyl sites for hydroxylation is 1. The van der Waals surface area contributed by atoms with Gasteiger partial charge in [0.15, 0.2) is 0 Å². The molecule has 0 aliphatic carbocycles. The molecule has 2 aromatic rings. The number of anilines is 2. The molecule has 130 valence electrons. The summed E-state index contributed by atoms with van der Waals surface area (Å²) < 4.78 is 5.72. The molecule has 1 fully saturated rings. The fourth-order valence-corrected chi connectivity index (χ4v) is 2.62. The van der Waals surface area contributed by atoms with Crippen molar-refractivity contribution in [1.29, 1.82) is 0 Å². The van der Waals surface area contributed by atoms with Crippen LogP contribution in [-0.4, -0.2) is 22.5 Å². The number of imide groups is 1. The van der Waals surface area contributed by atoms with Crippen molar-refractivity contribution in [2.75, 3.05) is 10.6 Å². The topological polar surface area (TPSA) is 97.5 Å². The molecule has 7 heteroatoms. The molecule has 1 saturated heterocycles. The lowest BCUT2D eigenvalue weighted by molar-refractivity contribution is -0.121. The molecular formula is C18H20N4O3. The summed E-state index contributed by atoms with van der Waals surface area (Å²) in [6, 6.07) is 8.20. The van der Waals surface area contributed by atoms with E-state index in [4.69, 9.17) is 10.5 Å². The molecule has 1 aromatic carbocycles. The van der Waals surface area contributed by atoms with Crippen molar-refractivity contribution in [3.63, 3.8) is 0 Å². The van der Waals surface area contributed by atoms with E-state index in [9.17, 15) is 9.59 Å². The Hall–Kier alpha value is -3.09. The molecule has 1 aliphatic heterocycles. The van der Waals surface area contributed by atoms with E-state index in [1.165, 1.54) is 6.20 Å². The maximum atomic E-state index is 12.3. The molecule has 0 unspecified atom stereocenters. The highest BCUT2D eigenvalue weighted by atomic mass is 16.5. The van der Waals surface area contributed by atoms with E-state index < -0.39 is 11.6 Å². The molecule has 1 aliphatic rings. The second kappa shape index (κ2) is 6.08.